The second-order valence-electron chi connectivity index (χ2n) is 6.42. The van der Waals surface area contributed by atoms with Crippen LogP contribution in [0.4, 0.5) is 0 Å². The van der Waals surface area contributed by atoms with Crippen LogP contribution in [0.3, 0.4) is 0 Å². The Hall–Kier alpha value is -1.44. The first-order valence-electron chi connectivity index (χ1n) is 8.60. The van der Waals surface area contributed by atoms with Crippen LogP contribution < -0.4 is 4.72 Å². The third kappa shape index (κ3) is 6.07. The zero-order chi connectivity index (χ0) is 18.4. The van der Waals surface area contributed by atoms with Gasteiger partial charge in [0.2, 0.25) is 10.0 Å². The number of morpholine rings is 1. The van der Waals surface area contributed by atoms with Crippen LogP contribution in [0.25, 0.3) is 0 Å². The van der Waals surface area contributed by atoms with Crippen molar-refractivity contribution in [1.82, 2.24) is 9.62 Å². The molecule has 0 unspecified atom stereocenters. The minimum atomic E-state index is -3.43. The van der Waals surface area contributed by atoms with Gasteiger partial charge >= 0.3 is 0 Å². The van der Waals surface area contributed by atoms with E-state index in [0.29, 0.717) is 10.6 Å². The number of sulfonamides is 1. The highest BCUT2D eigenvalue weighted by Gasteiger charge is 2.13. The van der Waals surface area contributed by atoms with E-state index >= 15 is 0 Å². The Balaban J connectivity index is 1.57. The van der Waals surface area contributed by atoms with Gasteiger partial charge in [0, 0.05) is 31.2 Å². The molecular weight excluding hydrogens is 372 g/mol. The van der Waals surface area contributed by atoms with Crippen molar-refractivity contribution in [3.63, 3.8) is 0 Å². The molecule has 7 heteroatoms. The van der Waals surface area contributed by atoms with E-state index in [2.05, 4.69) is 21.8 Å². The Kier molecular flexibility index (Phi) is 6.67. The second kappa shape index (κ2) is 8.97. The third-order valence-corrected chi connectivity index (χ3v) is 5.78. The van der Waals surface area contributed by atoms with E-state index in [4.69, 9.17) is 16.3 Å². The Morgan fingerprint density at radius 3 is 2.46 bits per heavy atom. The lowest BCUT2D eigenvalue weighted by molar-refractivity contribution is 0.0342. The lowest BCUT2D eigenvalue weighted by Crippen LogP contribution is -2.35. The molecule has 26 heavy (non-hydrogen) atoms. The molecule has 2 aromatic carbocycles. The molecule has 0 radical (unpaired) electrons. The molecule has 1 aliphatic heterocycles. The Morgan fingerprint density at radius 1 is 1.00 bits per heavy atom. The molecular formula is C19H23ClN2O3S. The molecule has 0 amide bonds. The fourth-order valence-corrected chi connectivity index (χ4v) is 4.27. The average Bonchev–Trinajstić information content (AvgIpc) is 2.61. The van der Waals surface area contributed by atoms with Crippen LogP contribution in [-0.2, 0) is 33.6 Å². The number of ether oxygens (including phenoxy) is 1. The van der Waals surface area contributed by atoms with Crippen molar-refractivity contribution in [2.24, 2.45) is 0 Å². The lowest BCUT2D eigenvalue weighted by atomic mass is 10.1. The molecule has 3 rings (SSSR count). The molecule has 0 bridgehead atoms. The highest BCUT2D eigenvalue weighted by atomic mass is 35.5. The first-order chi connectivity index (χ1) is 12.5. The number of nitrogens with one attached hydrogen (secondary N) is 1. The molecule has 140 valence electrons. The number of halogens is 1. The van der Waals surface area contributed by atoms with Gasteiger partial charge in [0.05, 0.1) is 19.0 Å². The number of nitrogens with zero attached hydrogens (tertiary/aromatic N) is 1. The zero-order valence-corrected chi connectivity index (χ0v) is 16.1. The molecule has 1 heterocycles. The molecule has 1 saturated heterocycles. The summed E-state index contributed by atoms with van der Waals surface area (Å²) in [6.45, 7) is 4.52. The van der Waals surface area contributed by atoms with E-state index in [9.17, 15) is 8.42 Å². The van der Waals surface area contributed by atoms with Crippen LogP contribution >= 0.6 is 11.6 Å². The first-order valence-corrected chi connectivity index (χ1v) is 10.6. The molecule has 0 aliphatic carbocycles. The standard InChI is InChI=1S/C19H23ClN2O3S/c20-19-6-2-5-18(12-19)15-26(23,24)21-13-16-3-1-4-17(11-16)14-22-7-9-25-10-8-22/h1-6,11-12,21H,7-10,13-15H2. The number of hydrogen-bond acceptors (Lipinski definition) is 4. The highest BCUT2D eigenvalue weighted by molar-refractivity contribution is 7.88. The summed E-state index contributed by atoms with van der Waals surface area (Å²) in [5, 5.41) is 0.536. The number of rotatable bonds is 7. The molecule has 0 saturated carbocycles. The van der Waals surface area contributed by atoms with E-state index in [1.54, 1.807) is 24.3 Å². The molecule has 0 atom stereocenters. The molecule has 0 spiro atoms. The van der Waals surface area contributed by atoms with Crippen molar-refractivity contribution < 1.29 is 13.2 Å². The molecule has 0 aromatic heterocycles. The predicted octanol–water partition coefficient (Wildman–Crippen LogP) is 2.79. The minimum Gasteiger partial charge on any atom is -0.379 e. The second-order valence-corrected chi connectivity index (χ2v) is 8.66. The van der Waals surface area contributed by atoms with Crippen molar-refractivity contribution in [2.75, 3.05) is 26.3 Å². The first kappa shape index (κ1) is 19.3. The Morgan fingerprint density at radius 2 is 1.69 bits per heavy atom. The van der Waals surface area contributed by atoms with Gasteiger partial charge in [0.1, 0.15) is 0 Å². The van der Waals surface area contributed by atoms with Crippen LogP contribution in [0.5, 0.6) is 0 Å². The fourth-order valence-electron chi connectivity index (χ4n) is 2.95. The maximum atomic E-state index is 12.3. The Bertz CT molecular complexity index is 836. The smallest absolute Gasteiger partial charge is 0.216 e. The molecule has 1 aliphatic rings. The summed E-state index contributed by atoms with van der Waals surface area (Å²) in [6.07, 6.45) is 0. The summed E-state index contributed by atoms with van der Waals surface area (Å²) >= 11 is 5.92. The van der Waals surface area contributed by atoms with Gasteiger partial charge in [-0.1, -0.05) is 48.0 Å². The van der Waals surface area contributed by atoms with Gasteiger partial charge in [0.15, 0.2) is 0 Å². The van der Waals surface area contributed by atoms with Crippen molar-refractivity contribution in [2.45, 2.75) is 18.8 Å². The quantitative estimate of drug-likeness (QED) is 0.784. The fraction of sp³-hybridized carbons (Fsp3) is 0.368. The maximum Gasteiger partial charge on any atom is 0.216 e. The maximum absolute atomic E-state index is 12.3. The largest absolute Gasteiger partial charge is 0.379 e. The van der Waals surface area contributed by atoms with Crippen molar-refractivity contribution in [3.05, 3.63) is 70.2 Å². The average molecular weight is 395 g/mol. The summed E-state index contributed by atoms with van der Waals surface area (Å²) in [6, 6.07) is 14.9. The SMILES string of the molecule is O=S(=O)(Cc1cccc(Cl)c1)NCc1cccc(CN2CCOCC2)c1. The van der Waals surface area contributed by atoms with Gasteiger partial charge in [-0.05, 0) is 28.8 Å². The van der Waals surface area contributed by atoms with Gasteiger partial charge < -0.3 is 4.74 Å². The normalized spacial score (nSPS) is 15.9. The lowest BCUT2D eigenvalue weighted by Gasteiger charge is -2.26. The highest BCUT2D eigenvalue weighted by Crippen LogP contribution is 2.14. The Labute approximate surface area is 160 Å². The molecule has 5 nitrogen and oxygen atoms in total. The van der Waals surface area contributed by atoms with Crippen LogP contribution in [0.15, 0.2) is 48.5 Å². The number of benzene rings is 2. The van der Waals surface area contributed by atoms with Gasteiger partial charge in [0.25, 0.3) is 0 Å². The van der Waals surface area contributed by atoms with E-state index in [-0.39, 0.29) is 12.3 Å². The van der Waals surface area contributed by atoms with Crippen molar-refractivity contribution in [3.8, 4) is 0 Å². The summed E-state index contributed by atoms with van der Waals surface area (Å²) in [5.41, 5.74) is 2.80. The van der Waals surface area contributed by atoms with E-state index in [1.165, 1.54) is 5.56 Å². The third-order valence-electron chi connectivity index (χ3n) is 4.24. The topological polar surface area (TPSA) is 58.6 Å². The molecule has 1 fully saturated rings. The molecule has 2 aromatic rings. The van der Waals surface area contributed by atoms with Gasteiger partial charge in [-0.25, -0.2) is 13.1 Å². The van der Waals surface area contributed by atoms with Crippen LogP contribution in [0.1, 0.15) is 16.7 Å². The predicted molar refractivity (Wildman–Crippen MR) is 103 cm³/mol. The van der Waals surface area contributed by atoms with Crippen LogP contribution in [0.2, 0.25) is 5.02 Å². The van der Waals surface area contributed by atoms with E-state index in [1.807, 2.05) is 12.1 Å². The summed E-state index contributed by atoms with van der Waals surface area (Å²) in [4.78, 5) is 2.34. The zero-order valence-electron chi connectivity index (χ0n) is 14.5. The minimum absolute atomic E-state index is 0.0823. The van der Waals surface area contributed by atoms with Gasteiger partial charge in [-0.15, -0.1) is 0 Å². The van der Waals surface area contributed by atoms with Crippen LogP contribution in [-0.4, -0.2) is 39.6 Å². The van der Waals surface area contributed by atoms with E-state index < -0.39 is 10.0 Å². The van der Waals surface area contributed by atoms with Crippen molar-refractivity contribution >= 4 is 21.6 Å². The van der Waals surface area contributed by atoms with Gasteiger partial charge in [-0.2, -0.15) is 0 Å². The van der Waals surface area contributed by atoms with Gasteiger partial charge in [-0.3, -0.25) is 4.90 Å². The summed E-state index contributed by atoms with van der Waals surface area (Å²) < 4.78 is 32.7. The van der Waals surface area contributed by atoms with E-state index in [0.717, 1.165) is 38.4 Å². The molecule has 1 N–H and O–H groups in total. The number of hydrogen-bond donors (Lipinski definition) is 1. The summed E-state index contributed by atoms with van der Waals surface area (Å²) in [7, 11) is -3.43. The summed E-state index contributed by atoms with van der Waals surface area (Å²) in [5.74, 6) is -0.0823. The van der Waals surface area contributed by atoms with Crippen molar-refractivity contribution in [1.29, 1.82) is 0 Å². The monoisotopic (exact) mass is 394 g/mol. The van der Waals surface area contributed by atoms with Crippen LogP contribution in [0, 0.1) is 0 Å².